The van der Waals surface area contributed by atoms with E-state index < -0.39 is 18.6 Å². The van der Waals surface area contributed by atoms with E-state index in [9.17, 15) is 18.0 Å². The smallest absolute Gasteiger partial charge is 0.317 e. The molecule has 1 aromatic carbocycles. The largest absolute Gasteiger partial charge is 0.407 e. The van der Waals surface area contributed by atoms with Crippen molar-refractivity contribution >= 4 is 28.6 Å². The predicted molar refractivity (Wildman–Crippen MR) is 93.0 cm³/mol. The summed E-state index contributed by atoms with van der Waals surface area (Å²) in [5, 5.41) is 8.60. The van der Waals surface area contributed by atoms with Crippen LogP contribution in [0.3, 0.4) is 0 Å². The fraction of sp³-hybridized carbons (Fsp3) is 0.529. The highest BCUT2D eigenvalue weighted by Gasteiger charge is 2.33. The van der Waals surface area contributed by atoms with E-state index in [-0.39, 0.29) is 9.98 Å². The molecule has 0 bridgehead atoms. The van der Waals surface area contributed by atoms with E-state index in [2.05, 4.69) is 10.4 Å². The fourth-order valence-corrected chi connectivity index (χ4v) is 3.52. The number of rotatable bonds is 4. The van der Waals surface area contributed by atoms with Gasteiger partial charge in [0.1, 0.15) is 6.54 Å². The minimum atomic E-state index is -4.55. The molecule has 0 unspecified atom stereocenters. The minimum absolute atomic E-state index is 0.151. The van der Waals surface area contributed by atoms with Gasteiger partial charge < -0.3 is 5.32 Å². The lowest BCUT2D eigenvalue weighted by atomic mass is 9.98. The lowest BCUT2D eigenvalue weighted by molar-refractivity contribution is -0.132. The van der Waals surface area contributed by atoms with Crippen molar-refractivity contribution in [2.45, 2.75) is 32.5 Å². The number of hydrogen-bond acceptors (Lipinski definition) is 3. The molecule has 1 fully saturated rings. The average molecular weight is 389 g/mol. The van der Waals surface area contributed by atoms with Gasteiger partial charge in [-0.25, -0.2) is 4.42 Å². The number of nitrogens with zero attached hydrogens (tertiary/aromatic N) is 3. The zero-order chi connectivity index (χ0) is 18.9. The Morgan fingerprint density at radius 1 is 1.38 bits per heavy atom. The predicted octanol–water partition coefficient (Wildman–Crippen LogP) is 3.50. The molecule has 5 nitrogen and oxygen atoms in total. The molecule has 26 heavy (non-hydrogen) atoms. The molecule has 0 atom stereocenters. The Hall–Kier alpha value is -1.80. The highest BCUT2D eigenvalue weighted by atomic mass is 35.5. The molecular formula is C17H20ClF3N4O. The van der Waals surface area contributed by atoms with E-state index in [4.69, 9.17) is 11.8 Å². The number of benzene rings is 1. The fourth-order valence-electron chi connectivity index (χ4n) is 3.29. The molecule has 142 valence electrons. The van der Waals surface area contributed by atoms with Gasteiger partial charge in [0.25, 0.3) is 5.91 Å². The van der Waals surface area contributed by atoms with Crippen molar-refractivity contribution in [1.29, 1.82) is 0 Å². The Kier molecular flexibility index (Phi) is 5.43. The Labute approximate surface area is 154 Å². The second-order valence-electron chi connectivity index (χ2n) is 6.66. The molecule has 1 N–H and O–H groups in total. The summed E-state index contributed by atoms with van der Waals surface area (Å²) in [5.74, 6) is -0.327. The summed E-state index contributed by atoms with van der Waals surface area (Å²) in [6, 6.07) is 3.13. The molecule has 9 heteroatoms. The van der Waals surface area contributed by atoms with Gasteiger partial charge in [-0.2, -0.15) is 18.3 Å². The third-order valence-corrected chi connectivity index (χ3v) is 4.95. The van der Waals surface area contributed by atoms with E-state index in [1.165, 1.54) is 6.07 Å². The molecule has 1 aliphatic rings. The lowest BCUT2D eigenvalue weighted by Gasteiger charge is -2.22. The Morgan fingerprint density at radius 3 is 2.73 bits per heavy atom. The summed E-state index contributed by atoms with van der Waals surface area (Å²) in [4.78, 5) is 12.3. The monoisotopic (exact) mass is 388 g/mol. The van der Waals surface area contributed by atoms with Crippen molar-refractivity contribution in [3.05, 3.63) is 29.5 Å². The number of halogens is 4. The van der Waals surface area contributed by atoms with Crippen LogP contribution in [0.25, 0.3) is 10.9 Å². The van der Waals surface area contributed by atoms with Gasteiger partial charge in [0.05, 0.1) is 5.52 Å². The van der Waals surface area contributed by atoms with Gasteiger partial charge >= 0.3 is 6.18 Å². The number of hydrogen-bond donors (Lipinski definition) is 1. The van der Waals surface area contributed by atoms with Crippen LogP contribution >= 0.6 is 11.8 Å². The molecular weight excluding hydrogens is 369 g/mol. The normalized spacial score (nSPS) is 16.2. The van der Waals surface area contributed by atoms with Gasteiger partial charge in [-0.05, 0) is 56.5 Å². The molecule has 3 rings (SSSR count). The van der Waals surface area contributed by atoms with Gasteiger partial charge in [0.2, 0.25) is 0 Å². The number of fused-ring (bicyclic) bond motifs is 1. The summed E-state index contributed by atoms with van der Waals surface area (Å²) in [6.45, 7) is 2.97. The van der Waals surface area contributed by atoms with Crippen LogP contribution < -0.4 is 5.32 Å². The number of amides is 1. The maximum absolute atomic E-state index is 12.5. The molecule has 1 aliphatic heterocycles. The molecule has 2 aromatic rings. The van der Waals surface area contributed by atoms with Gasteiger partial charge in [-0.3, -0.25) is 9.48 Å². The number of carbonyl (C=O) groups is 1. The lowest BCUT2D eigenvalue weighted by Crippen LogP contribution is -2.32. The molecule has 2 heterocycles. The van der Waals surface area contributed by atoms with Crippen LogP contribution in [0, 0.1) is 12.8 Å². The maximum Gasteiger partial charge on any atom is 0.407 e. The molecule has 0 radical (unpaired) electrons. The molecule has 0 spiro atoms. The van der Waals surface area contributed by atoms with Crippen molar-refractivity contribution in [3.63, 3.8) is 0 Å². The van der Waals surface area contributed by atoms with Crippen LogP contribution in [-0.4, -0.2) is 45.9 Å². The first-order valence-corrected chi connectivity index (χ1v) is 8.80. The topological polar surface area (TPSA) is 50.2 Å². The summed E-state index contributed by atoms with van der Waals surface area (Å²) >= 11 is 5.54. The van der Waals surface area contributed by atoms with E-state index in [0.29, 0.717) is 17.0 Å². The number of piperidine rings is 1. The van der Waals surface area contributed by atoms with Crippen LogP contribution in [0.1, 0.15) is 28.8 Å². The van der Waals surface area contributed by atoms with Gasteiger partial charge in [-0.1, -0.05) is 0 Å². The van der Waals surface area contributed by atoms with E-state index >= 15 is 0 Å². The summed E-state index contributed by atoms with van der Waals surface area (Å²) in [7, 11) is 0. The Morgan fingerprint density at radius 2 is 2.08 bits per heavy atom. The minimum Gasteiger partial charge on any atom is -0.317 e. The van der Waals surface area contributed by atoms with Crippen LogP contribution in [0.5, 0.6) is 0 Å². The van der Waals surface area contributed by atoms with Gasteiger partial charge in [0.15, 0.2) is 0 Å². The third kappa shape index (κ3) is 4.29. The SMILES string of the molecule is Cc1c(C(=O)N(Cl)CC(F)(F)F)ccc2nn(CC3CCNCC3)cc12. The highest BCUT2D eigenvalue weighted by Crippen LogP contribution is 2.25. The Balaban J connectivity index is 1.82. The number of carbonyl (C=O) groups excluding carboxylic acids is 1. The van der Waals surface area contributed by atoms with Crippen LogP contribution in [0.4, 0.5) is 13.2 Å². The van der Waals surface area contributed by atoms with Crippen LogP contribution in [0.2, 0.25) is 0 Å². The standard InChI is InChI=1S/C17H20ClF3N4O/c1-11-13(16(26)25(18)10-17(19,20)21)2-3-15-14(11)9-24(23-15)8-12-4-6-22-7-5-12/h2-3,9,12,22H,4-8,10H2,1H3. The van der Waals surface area contributed by atoms with Gasteiger partial charge in [0, 0.05) is 35.5 Å². The Bertz CT molecular complexity index is 799. The van der Waals surface area contributed by atoms with E-state index in [1.54, 1.807) is 13.0 Å². The van der Waals surface area contributed by atoms with E-state index in [1.807, 2.05) is 10.9 Å². The first-order valence-electron chi connectivity index (χ1n) is 8.46. The number of aromatic nitrogens is 2. The summed E-state index contributed by atoms with van der Waals surface area (Å²) in [5.41, 5.74) is 1.44. The summed E-state index contributed by atoms with van der Waals surface area (Å²) < 4.78 is 39.4. The first kappa shape index (κ1) is 19.0. The van der Waals surface area contributed by atoms with Crippen LogP contribution in [0.15, 0.2) is 18.3 Å². The molecule has 0 aliphatic carbocycles. The second-order valence-corrected chi connectivity index (χ2v) is 7.06. The quantitative estimate of drug-likeness (QED) is 0.815. The van der Waals surface area contributed by atoms with Gasteiger partial charge in [-0.15, -0.1) is 0 Å². The zero-order valence-electron chi connectivity index (χ0n) is 14.3. The number of alkyl halides is 3. The summed E-state index contributed by atoms with van der Waals surface area (Å²) in [6.07, 6.45) is -0.532. The van der Waals surface area contributed by atoms with Crippen LogP contribution in [-0.2, 0) is 6.54 Å². The van der Waals surface area contributed by atoms with Crippen molar-refractivity contribution in [2.24, 2.45) is 5.92 Å². The van der Waals surface area contributed by atoms with Crippen molar-refractivity contribution < 1.29 is 18.0 Å². The molecule has 1 aromatic heterocycles. The van der Waals surface area contributed by atoms with Crippen molar-refractivity contribution in [3.8, 4) is 0 Å². The molecule has 1 saturated heterocycles. The zero-order valence-corrected chi connectivity index (χ0v) is 15.1. The van der Waals surface area contributed by atoms with E-state index in [0.717, 1.165) is 37.9 Å². The number of aryl methyl sites for hydroxylation is 1. The second kappa shape index (κ2) is 7.44. The maximum atomic E-state index is 12.5. The average Bonchev–Trinajstić information content (AvgIpc) is 2.97. The van der Waals surface area contributed by atoms with Crippen molar-refractivity contribution in [2.75, 3.05) is 19.6 Å². The number of nitrogens with one attached hydrogen (secondary N) is 1. The van der Waals surface area contributed by atoms with Crippen molar-refractivity contribution in [1.82, 2.24) is 19.5 Å². The molecule has 0 saturated carbocycles. The first-order chi connectivity index (χ1) is 12.2. The highest BCUT2D eigenvalue weighted by molar-refractivity contribution is 6.24. The third-order valence-electron chi connectivity index (χ3n) is 4.68. The molecule has 1 amide bonds.